The van der Waals surface area contributed by atoms with E-state index in [1.807, 2.05) is 0 Å². The predicted octanol–water partition coefficient (Wildman–Crippen LogP) is 2.38. The van der Waals surface area contributed by atoms with Gasteiger partial charge in [-0.2, -0.15) is 0 Å². The standard InChI is InChI=1S/C11H10Cl2N2O3/c12-7-1-2-8(13)9(5-7)14-10(16)6-15-3-4-18-11(15)17/h1-2,5H,3-4,6H2,(H,14,16). The number of nitrogens with zero attached hydrogens (tertiary/aromatic N) is 1. The molecule has 1 N–H and O–H groups in total. The van der Waals surface area contributed by atoms with E-state index < -0.39 is 6.09 Å². The Bertz CT molecular complexity index is 493. The van der Waals surface area contributed by atoms with Crippen molar-refractivity contribution in [1.29, 1.82) is 0 Å². The van der Waals surface area contributed by atoms with Crippen molar-refractivity contribution in [3.05, 3.63) is 28.2 Å². The number of carbonyl (C=O) groups excluding carboxylic acids is 2. The first-order valence-corrected chi connectivity index (χ1v) is 5.98. The van der Waals surface area contributed by atoms with Crippen LogP contribution in [0.25, 0.3) is 0 Å². The highest BCUT2D eigenvalue weighted by atomic mass is 35.5. The number of hydrogen-bond donors (Lipinski definition) is 1. The van der Waals surface area contributed by atoms with Crippen molar-refractivity contribution in [3.8, 4) is 0 Å². The van der Waals surface area contributed by atoms with Crippen LogP contribution in [0.1, 0.15) is 0 Å². The number of halogens is 2. The summed E-state index contributed by atoms with van der Waals surface area (Å²) in [7, 11) is 0. The molecule has 0 saturated carbocycles. The van der Waals surface area contributed by atoms with E-state index in [2.05, 4.69) is 5.32 Å². The molecule has 96 valence electrons. The van der Waals surface area contributed by atoms with Gasteiger partial charge in [0.2, 0.25) is 5.91 Å². The SMILES string of the molecule is O=C(CN1CCOC1=O)Nc1cc(Cl)ccc1Cl. The lowest BCUT2D eigenvalue weighted by Gasteiger charge is -2.13. The molecule has 0 aliphatic carbocycles. The average Bonchev–Trinajstić information content (AvgIpc) is 2.70. The lowest BCUT2D eigenvalue weighted by Crippen LogP contribution is -2.33. The Labute approximate surface area is 114 Å². The fourth-order valence-electron chi connectivity index (χ4n) is 1.53. The molecule has 0 atom stereocenters. The largest absolute Gasteiger partial charge is 0.448 e. The molecular weight excluding hydrogens is 279 g/mol. The van der Waals surface area contributed by atoms with Crippen LogP contribution in [0.3, 0.4) is 0 Å². The van der Waals surface area contributed by atoms with Crippen molar-refractivity contribution >= 4 is 40.9 Å². The number of nitrogens with one attached hydrogen (secondary N) is 1. The summed E-state index contributed by atoms with van der Waals surface area (Å²) in [4.78, 5) is 24.2. The molecule has 0 unspecified atom stereocenters. The summed E-state index contributed by atoms with van der Waals surface area (Å²) in [5, 5.41) is 3.45. The number of benzene rings is 1. The highest BCUT2D eigenvalue weighted by Gasteiger charge is 2.24. The highest BCUT2D eigenvalue weighted by Crippen LogP contribution is 2.25. The smallest absolute Gasteiger partial charge is 0.410 e. The number of cyclic esters (lactones) is 1. The zero-order chi connectivity index (χ0) is 13.1. The maximum absolute atomic E-state index is 11.7. The maximum Gasteiger partial charge on any atom is 0.410 e. The Morgan fingerprint density at radius 1 is 1.44 bits per heavy atom. The summed E-state index contributed by atoms with van der Waals surface area (Å²) in [6.07, 6.45) is -0.484. The van der Waals surface area contributed by atoms with E-state index >= 15 is 0 Å². The van der Waals surface area contributed by atoms with Gasteiger partial charge < -0.3 is 10.1 Å². The molecule has 2 rings (SSSR count). The van der Waals surface area contributed by atoms with Gasteiger partial charge in [0.05, 0.1) is 17.3 Å². The van der Waals surface area contributed by atoms with Gasteiger partial charge in [0, 0.05) is 5.02 Å². The van der Waals surface area contributed by atoms with Crippen LogP contribution in [0, 0.1) is 0 Å². The summed E-state index contributed by atoms with van der Waals surface area (Å²) < 4.78 is 4.72. The van der Waals surface area contributed by atoms with Gasteiger partial charge in [-0.05, 0) is 18.2 Å². The zero-order valence-electron chi connectivity index (χ0n) is 9.28. The summed E-state index contributed by atoms with van der Waals surface area (Å²) in [5.74, 6) is -0.349. The Hall–Kier alpha value is -1.46. The number of anilines is 1. The van der Waals surface area contributed by atoms with Crippen molar-refractivity contribution in [1.82, 2.24) is 4.90 Å². The quantitative estimate of drug-likeness (QED) is 0.929. The van der Waals surface area contributed by atoms with Crippen LogP contribution in [0.15, 0.2) is 18.2 Å². The van der Waals surface area contributed by atoms with Gasteiger partial charge in [0.25, 0.3) is 0 Å². The molecule has 1 aromatic rings. The molecule has 1 saturated heterocycles. The molecule has 1 fully saturated rings. The summed E-state index contributed by atoms with van der Waals surface area (Å²) in [5.41, 5.74) is 0.418. The van der Waals surface area contributed by atoms with Gasteiger partial charge in [-0.3, -0.25) is 9.69 Å². The zero-order valence-corrected chi connectivity index (χ0v) is 10.8. The Balaban J connectivity index is 1.98. The Kier molecular flexibility index (Phi) is 3.93. The third-order valence-corrected chi connectivity index (χ3v) is 2.95. The summed E-state index contributed by atoms with van der Waals surface area (Å²) in [6, 6.07) is 4.76. The van der Waals surface area contributed by atoms with Crippen LogP contribution in [0.2, 0.25) is 10.0 Å². The summed E-state index contributed by atoms with van der Waals surface area (Å²) >= 11 is 11.7. The van der Waals surface area contributed by atoms with E-state index in [0.29, 0.717) is 28.9 Å². The number of amides is 2. The molecule has 0 spiro atoms. The normalized spacial score (nSPS) is 14.6. The second-order valence-corrected chi connectivity index (χ2v) is 4.55. The molecule has 0 bridgehead atoms. The molecule has 1 aliphatic heterocycles. The van der Waals surface area contributed by atoms with Gasteiger partial charge in [0.1, 0.15) is 13.2 Å². The molecule has 7 heteroatoms. The molecule has 0 radical (unpaired) electrons. The topological polar surface area (TPSA) is 58.6 Å². The van der Waals surface area contributed by atoms with E-state index in [1.165, 1.54) is 4.90 Å². The Morgan fingerprint density at radius 3 is 2.89 bits per heavy atom. The Morgan fingerprint density at radius 2 is 2.22 bits per heavy atom. The monoisotopic (exact) mass is 288 g/mol. The van der Waals surface area contributed by atoms with Crippen LogP contribution in [0.4, 0.5) is 10.5 Å². The molecule has 2 amide bonds. The van der Waals surface area contributed by atoms with Crippen LogP contribution < -0.4 is 5.32 Å². The van der Waals surface area contributed by atoms with Crippen LogP contribution >= 0.6 is 23.2 Å². The lowest BCUT2D eigenvalue weighted by atomic mass is 10.3. The second kappa shape index (κ2) is 5.46. The highest BCUT2D eigenvalue weighted by molar-refractivity contribution is 6.35. The second-order valence-electron chi connectivity index (χ2n) is 3.71. The van der Waals surface area contributed by atoms with Gasteiger partial charge in [-0.1, -0.05) is 23.2 Å². The molecule has 0 aromatic heterocycles. The molecule has 1 heterocycles. The van der Waals surface area contributed by atoms with Crippen molar-refractivity contribution in [2.75, 3.05) is 25.0 Å². The fourth-order valence-corrected chi connectivity index (χ4v) is 1.86. The average molecular weight is 289 g/mol. The summed E-state index contributed by atoms with van der Waals surface area (Å²) in [6.45, 7) is 0.654. The third-order valence-electron chi connectivity index (χ3n) is 2.38. The van der Waals surface area contributed by atoms with Crippen LogP contribution in [-0.2, 0) is 9.53 Å². The van der Waals surface area contributed by atoms with Gasteiger partial charge in [-0.15, -0.1) is 0 Å². The maximum atomic E-state index is 11.7. The van der Waals surface area contributed by atoms with Crippen molar-refractivity contribution in [2.24, 2.45) is 0 Å². The van der Waals surface area contributed by atoms with Gasteiger partial charge in [-0.25, -0.2) is 4.79 Å². The van der Waals surface area contributed by atoms with Gasteiger partial charge in [0.15, 0.2) is 0 Å². The first kappa shape index (κ1) is 13.0. The van der Waals surface area contributed by atoms with Crippen molar-refractivity contribution in [2.45, 2.75) is 0 Å². The van der Waals surface area contributed by atoms with Crippen molar-refractivity contribution in [3.63, 3.8) is 0 Å². The third kappa shape index (κ3) is 3.05. The molecule has 1 aromatic carbocycles. The minimum Gasteiger partial charge on any atom is -0.448 e. The van der Waals surface area contributed by atoms with E-state index in [4.69, 9.17) is 27.9 Å². The minimum absolute atomic E-state index is 0.0678. The van der Waals surface area contributed by atoms with Crippen LogP contribution in [0.5, 0.6) is 0 Å². The predicted molar refractivity (Wildman–Crippen MR) is 68.0 cm³/mol. The number of ether oxygens (including phenoxy) is 1. The molecule has 1 aliphatic rings. The fraction of sp³-hybridized carbons (Fsp3) is 0.273. The van der Waals surface area contributed by atoms with E-state index in [9.17, 15) is 9.59 Å². The van der Waals surface area contributed by atoms with E-state index in [1.54, 1.807) is 18.2 Å². The van der Waals surface area contributed by atoms with E-state index in [0.717, 1.165) is 0 Å². The number of rotatable bonds is 3. The first-order valence-electron chi connectivity index (χ1n) is 5.23. The van der Waals surface area contributed by atoms with E-state index in [-0.39, 0.29) is 12.5 Å². The number of hydrogen-bond acceptors (Lipinski definition) is 3. The molecular formula is C11H10Cl2N2O3. The van der Waals surface area contributed by atoms with Gasteiger partial charge >= 0.3 is 6.09 Å². The molecule has 18 heavy (non-hydrogen) atoms. The lowest BCUT2D eigenvalue weighted by molar-refractivity contribution is -0.116. The first-order chi connectivity index (χ1) is 8.56. The van der Waals surface area contributed by atoms with Crippen molar-refractivity contribution < 1.29 is 14.3 Å². The van der Waals surface area contributed by atoms with Crippen LogP contribution in [-0.4, -0.2) is 36.6 Å². The number of carbonyl (C=O) groups is 2. The minimum atomic E-state index is -0.484. The molecule has 5 nitrogen and oxygen atoms in total.